The topological polar surface area (TPSA) is 0 Å². The van der Waals surface area contributed by atoms with E-state index in [1.54, 1.807) is 0 Å². The van der Waals surface area contributed by atoms with Crippen molar-refractivity contribution >= 4 is 74.7 Å². The van der Waals surface area contributed by atoms with Gasteiger partial charge in [0, 0.05) is 56.4 Å². The van der Waals surface area contributed by atoms with Crippen LogP contribution in [0.5, 0.6) is 0 Å². The molecule has 44 heavy (non-hydrogen) atoms. The average Bonchev–Trinajstić information content (AvgIpc) is 3.02. The summed E-state index contributed by atoms with van der Waals surface area (Å²) in [5, 5.41) is 7.07. The van der Waals surface area contributed by atoms with E-state index >= 15 is 0 Å². The third kappa shape index (κ3) is 11.2. The molecule has 0 unspecified atom stereocenters. The van der Waals surface area contributed by atoms with Crippen LogP contribution in [-0.2, 0) is 71.8 Å². The van der Waals surface area contributed by atoms with Gasteiger partial charge in [0.2, 0.25) is 0 Å². The van der Waals surface area contributed by atoms with Gasteiger partial charge in [0.15, 0.2) is 0 Å². The maximum atomic E-state index is 13.1. The Kier molecular flexibility index (Phi) is 19.3. The summed E-state index contributed by atoms with van der Waals surface area (Å²) in [6, 6.07) is 57.0. The van der Waals surface area contributed by atoms with Gasteiger partial charge in [-0.3, -0.25) is 8.78 Å². The van der Waals surface area contributed by atoms with E-state index in [9.17, 15) is 8.78 Å². The summed E-state index contributed by atoms with van der Waals surface area (Å²) in [5.41, 5.74) is 0. The molecule has 0 aliphatic rings. The van der Waals surface area contributed by atoms with Crippen LogP contribution in [0.2, 0.25) is 0 Å². The molecular weight excluding hydrogens is 990 g/mol. The molecular formula is C36H28Au2F2P2S2-4. The SMILES string of the molecule is Fc1c[c-]c(P(c2ccccc2)c2ccccc2)cc1.Fc1c[c-]c(P(c2ccccc2)c2ccccc2)cc1.[Au].[Au].[SH-].[SH-]. The summed E-state index contributed by atoms with van der Waals surface area (Å²) < 4.78 is 26.3. The summed E-state index contributed by atoms with van der Waals surface area (Å²) in [6.45, 7) is 0. The first-order valence-corrected chi connectivity index (χ1v) is 15.5. The predicted molar refractivity (Wildman–Crippen MR) is 185 cm³/mol. The molecule has 0 saturated heterocycles. The van der Waals surface area contributed by atoms with Crippen molar-refractivity contribution in [2.75, 3.05) is 0 Å². The minimum absolute atomic E-state index is 0. The van der Waals surface area contributed by atoms with Crippen LogP contribution in [0.3, 0.4) is 0 Å². The molecule has 0 heterocycles. The summed E-state index contributed by atoms with van der Waals surface area (Å²) in [4.78, 5) is 0. The Bertz CT molecular complexity index is 1390. The molecule has 0 bridgehead atoms. The largest absolute Gasteiger partial charge is 0.813 e. The molecule has 0 saturated carbocycles. The van der Waals surface area contributed by atoms with Crippen LogP contribution in [0.15, 0.2) is 158 Å². The fourth-order valence-corrected chi connectivity index (χ4v) is 8.66. The van der Waals surface area contributed by atoms with E-state index in [1.807, 2.05) is 84.9 Å². The van der Waals surface area contributed by atoms with Crippen LogP contribution in [0.1, 0.15) is 0 Å². The maximum Gasteiger partial charge on any atom is 0.00875 e. The minimum Gasteiger partial charge on any atom is -0.813 e. The molecule has 234 valence electrons. The van der Waals surface area contributed by atoms with E-state index in [-0.39, 0.29) is 83.4 Å². The van der Waals surface area contributed by atoms with Crippen molar-refractivity contribution in [3.63, 3.8) is 0 Å². The van der Waals surface area contributed by atoms with Gasteiger partial charge in [0.25, 0.3) is 0 Å². The third-order valence-electron chi connectivity index (χ3n) is 6.06. The van der Waals surface area contributed by atoms with Crippen molar-refractivity contribution in [1.29, 1.82) is 0 Å². The number of halogens is 2. The molecule has 0 spiro atoms. The molecule has 2 radical (unpaired) electrons. The third-order valence-corrected chi connectivity index (χ3v) is 10.8. The second kappa shape index (κ2) is 21.1. The van der Waals surface area contributed by atoms with Crippen molar-refractivity contribution in [1.82, 2.24) is 0 Å². The first kappa shape index (κ1) is 40.2. The zero-order chi connectivity index (χ0) is 27.6. The summed E-state index contributed by atoms with van der Waals surface area (Å²) >= 11 is 0. The molecule has 0 fully saturated rings. The fraction of sp³-hybridized carbons (Fsp3) is 0. The Labute approximate surface area is 307 Å². The summed E-state index contributed by atoms with van der Waals surface area (Å²) in [6.07, 6.45) is 0. The van der Waals surface area contributed by atoms with Gasteiger partial charge in [-0.1, -0.05) is 121 Å². The zero-order valence-corrected chi connectivity index (χ0v) is 31.1. The second-order valence-corrected chi connectivity index (χ2v) is 13.2. The van der Waals surface area contributed by atoms with Gasteiger partial charge in [-0.2, -0.15) is 24.3 Å². The van der Waals surface area contributed by atoms with E-state index in [0.717, 1.165) is 10.6 Å². The molecule has 0 aromatic heterocycles. The Balaban J connectivity index is 0.000000403. The number of rotatable bonds is 6. The van der Waals surface area contributed by atoms with Gasteiger partial charge >= 0.3 is 0 Å². The van der Waals surface area contributed by atoms with Crippen LogP contribution in [0.25, 0.3) is 0 Å². The molecule has 6 aromatic carbocycles. The standard InChI is InChI=1S/2C18H13FP.2Au.2H2S/c2*19-15-11-13-18(14-12-15)20(16-7-3-1-4-8-16)17-9-5-2-6-10-17;;;;/h2*1-13H;;;2*1H2/q2*-1;;;;/p-2. The second-order valence-electron chi connectivity index (χ2n) is 8.80. The molecule has 0 N–H and O–H groups in total. The normalized spacial score (nSPS) is 9.73. The first-order valence-electron chi connectivity index (χ1n) is 12.8. The number of hydrogen-bond acceptors (Lipinski definition) is 2. The molecule has 0 amide bonds. The van der Waals surface area contributed by atoms with E-state index in [4.69, 9.17) is 0 Å². The van der Waals surface area contributed by atoms with Crippen molar-refractivity contribution in [3.8, 4) is 0 Å². The minimum atomic E-state index is -0.681. The van der Waals surface area contributed by atoms with Crippen LogP contribution < -0.4 is 31.8 Å². The number of benzene rings is 6. The van der Waals surface area contributed by atoms with Gasteiger partial charge in [-0.05, 0) is 37.1 Å². The predicted octanol–water partition coefficient (Wildman–Crippen LogP) is 6.22. The first-order chi connectivity index (χ1) is 19.7. The van der Waals surface area contributed by atoms with E-state index in [1.165, 1.54) is 45.5 Å². The number of hydrogen-bond donors (Lipinski definition) is 0. The zero-order valence-electron chi connectivity index (χ0n) is 23.2. The van der Waals surface area contributed by atoms with Crippen molar-refractivity contribution in [2.45, 2.75) is 0 Å². The smallest absolute Gasteiger partial charge is 0.00875 e. The van der Waals surface area contributed by atoms with E-state index in [0.29, 0.717) is 0 Å². The molecule has 0 atom stereocenters. The van der Waals surface area contributed by atoms with E-state index in [2.05, 4.69) is 60.7 Å². The van der Waals surface area contributed by atoms with Gasteiger partial charge in [0.05, 0.1) is 0 Å². The Morgan fingerprint density at radius 2 is 0.614 bits per heavy atom. The van der Waals surface area contributed by atoms with Crippen LogP contribution in [-0.4, -0.2) is 0 Å². The fourth-order valence-electron chi connectivity index (χ4n) is 4.24. The molecule has 0 nitrogen and oxygen atoms in total. The quantitative estimate of drug-likeness (QED) is 0.0640. The van der Waals surface area contributed by atoms with Crippen molar-refractivity contribution in [3.05, 3.63) is 181 Å². The van der Waals surface area contributed by atoms with Crippen LogP contribution in [0, 0.1) is 23.8 Å². The number of thiol groups is 2. The van der Waals surface area contributed by atoms with Crippen LogP contribution >= 0.6 is 15.8 Å². The van der Waals surface area contributed by atoms with E-state index < -0.39 is 15.8 Å². The Morgan fingerprint density at radius 1 is 0.364 bits per heavy atom. The van der Waals surface area contributed by atoms with Crippen molar-refractivity contribution < 1.29 is 53.5 Å². The molecule has 6 aromatic rings. The maximum absolute atomic E-state index is 13.1. The Hall–Kier alpha value is -1.78. The van der Waals surface area contributed by atoms with Crippen molar-refractivity contribution in [2.24, 2.45) is 0 Å². The Morgan fingerprint density at radius 3 is 0.818 bits per heavy atom. The molecule has 6 rings (SSSR count). The molecule has 8 heteroatoms. The monoisotopic (exact) mass is 1020 g/mol. The van der Waals surface area contributed by atoms with Gasteiger partial charge in [0.1, 0.15) is 0 Å². The summed E-state index contributed by atoms with van der Waals surface area (Å²) in [5.74, 6) is -0.491. The molecule has 0 aliphatic heterocycles. The molecule has 0 aliphatic carbocycles. The average molecular weight is 1020 g/mol. The van der Waals surface area contributed by atoms with Gasteiger partial charge in [-0.15, -0.1) is 34.9 Å². The summed E-state index contributed by atoms with van der Waals surface area (Å²) in [7, 11) is -1.36. The van der Waals surface area contributed by atoms with Gasteiger partial charge in [-0.25, -0.2) is 0 Å². The van der Waals surface area contributed by atoms with Crippen LogP contribution in [0.4, 0.5) is 8.78 Å². The van der Waals surface area contributed by atoms with Gasteiger partial charge < -0.3 is 27.0 Å².